The summed E-state index contributed by atoms with van der Waals surface area (Å²) in [6, 6.07) is 7.49. The lowest BCUT2D eigenvalue weighted by molar-refractivity contribution is -0.384. The van der Waals surface area contributed by atoms with Gasteiger partial charge in [0.05, 0.1) is 11.2 Å². The Bertz CT molecular complexity index is 755. The van der Waals surface area contributed by atoms with Crippen molar-refractivity contribution in [3.05, 3.63) is 58.0 Å². The number of aryl methyl sites for hydroxylation is 1. The van der Waals surface area contributed by atoms with Crippen LogP contribution in [0, 0.1) is 17.0 Å². The summed E-state index contributed by atoms with van der Waals surface area (Å²) >= 11 is 0. The summed E-state index contributed by atoms with van der Waals surface area (Å²) in [6.45, 7) is 3.42. The molecule has 24 heavy (non-hydrogen) atoms. The fraction of sp³-hybridized carbons (Fsp3) is 0.250. The molecule has 0 saturated carbocycles. The molecule has 2 rings (SSSR count). The zero-order chi connectivity index (χ0) is 17.7. The molecule has 0 aliphatic rings. The van der Waals surface area contributed by atoms with Crippen LogP contribution in [-0.4, -0.2) is 22.8 Å². The first kappa shape index (κ1) is 17.2. The van der Waals surface area contributed by atoms with Gasteiger partial charge < -0.3 is 15.1 Å². The van der Waals surface area contributed by atoms with E-state index >= 15 is 0 Å². The fourth-order valence-corrected chi connectivity index (χ4v) is 2.15. The second-order valence-electron chi connectivity index (χ2n) is 5.39. The molecule has 0 radical (unpaired) electrons. The van der Waals surface area contributed by atoms with Crippen LogP contribution >= 0.6 is 0 Å². The van der Waals surface area contributed by atoms with Crippen molar-refractivity contribution in [1.29, 1.82) is 0 Å². The van der Waals surface area contributed by atoms with Gasteiger partial charge in [0.2, 0.25) is 0 Å². The third-order valence-electron chi connectivity index (χ3n) is 3.27. The van der Waals surface area contributed by atoms with Crippen molar-refractivity contribution in [3.8, 4) is 0 Å². The van der Waals surface area contributed by atoms with Gasteiger partial charge in [-0.1, -0.05) is 6.07 Å². The van der Waals surface area contributed by atoms with Gasteiger partial charge in [0.25, 0.3) is 5.69 Å². The first-order valence-electron chi connectivity index (χ1n) is 7.26. The van der Waals surface area contributed by atoms with Crippen LogP contribution in [-0.2, 0) is 16.0 Å². The number of nitro benzene ring substituents is 1. The molecule has 126 valence electrons. The van der Waals surface area contributed by atoms with Gasteiger partial charge in [0.1, 0.15) is 11.4 Å². The van der Waals surface area contributed by atoms with E-state index in [1.807, 2.05) is 0 Å². The lowest BCUT2D eigenvalue weighted by Gasteiger charge is -2.12. The minimum absolute atomic E-state index is 0.0237. The third kappa shape index (κ3) is 4.42. The Morgan fingerprint density at radius 2 is 2.04 bits per heavy atom. The van der Waals surface area contributed by atoms with Crippen molar-refractivity contribution in [3.63, 3.8) is 0 Å². The van der Waals surface area contributed by atoms with Gasteiger partial charge >= 0.3 is 11.8 Å². The van der Waals surface area contributed by atoms with Gasteiger partial charge in [-0.25, -0.2) is 0 Å². The summed E-state index contributed by atoms with van der Waals surface area (Å²) in [5.74, 6) is -1.16. The summed E-state index contributed by atoms with van der Waals surface area (Å²) in [5.41, 5.74) is 0.389. The van der Waals surface area contributed by atoms with Gasteiger partial charge in [-0.15, -0.1) is 0 Å². The molecule has 0 saturated heterocycles. The molecule has 1 unspecified atom stereocenters. The first-order chi connectivity index (χ1) is 11.4. The summed E-state index contributed by atoms with van der Waals surface area (Å²) < 4.78 is 5.17. The monoisotopic (exact) mass is 331 g/mol. The van der Waals surface area contributed by atoms with E-state index in [1.165, 1.54) is 18.4 Å². The lowest BCUT2D eigenvalue weighted by atomic mass is 10.2. The molecule has 1 aromatic carbocycles. The van der Waals surface area contributed by atoms with Crippen molar-refractivity contribution in [2.75, 3.05) is 5.32 Å². The molecule has 0 bridgehead atoms. The third-order valence-corrected chi connectivity index (χ3v) is 3.27. The van der Waals surface area contributed by atoms with Crippen molar-refractivity contribution in [1.82, 2.24) is 5.32 Å². The average molecular weight is 331 g/mol. The normalized spacial score (nSPS) is 11.6. The minimum Gasteiger partial charge on any atom is -0.469 e. The molecule has 1 heterocycles. The fourth-order valence-electron chi connectivity index (χ4n) is 2.15. The molecule has 0 fully saturated rings. The largest absolute Gasteiger partial charge is 0.469 e. The summed E-state index contributed by atoms with van der Waals surface area (Å²) in [7, 11) is 0. The summed E-state index contributed by atoms with van der Waals surface area (Å²) in [5, 5.41) is 15.8. The highest BCUT2D eigenvalue weighted by Crippen LogP contribution is 2.25. The zero-order valence-electron chi connectivity index (χ0n) is 13.2. The molecule has 0 aliphatic heterocycles. The van der Waals surface area contributed by atoms with Crippen LogP contribution in [0.4, 0.5) is 11.4 Å². The number of benzene rings is 1. The Kier molecular flexibility index (Phi) is 5.31. The van der Waals surface area contributed by atoms with Crippen LogP contribution in [0.15, 0.2) is 41.0 Å². The van der Waals surface area contributed by atoms with E-state index in [0.717, 1.165) is 0 Å². The van der Waals surface area contributed by atoms with Crippen LogP contribution in [0.2, 0.25) is 0 Å². The topological polar surface area (TPSA) is 114 Å². The quantitative estimate of drug-likeness (QED) is 0.495. The second-order valence-corrected chi connectivity index (χ2v) is 5.39. The van der Waals surface area contributed by atoms with E-state index < -0.39 is 16.7 Å². The van der Waals surface area contributed by atoms with Crippen LogP contribution < -0.4 is 10.6 Å². The number of carbonyl (C=O) groups is 2. The summed E-state index contributed by atoms with van der Waals surface area (Å²) in [6.07, 6.45) is 1.95. The Balaban J connectivity index is 1.99. The molecule has 8 nitrogen and oxygen atoms in total. The van der Waals surface area contributed by atoms with Gasteiger partial charge in [0, 0.05) is 18.5 Å². The van der Waals surface area contributed by atoms with Crippen LogP contribution in [0.3, 0.4) is 0 Å². The Morgan fingerprint density at radius 3 is 2.67 bits per heavy atom. The molecule has 8 heteroatoms. The number of anilines is 1. The van der Waals surface area contributed by atoms with E-state index in [2.05, 4.69) is 10.6 Å². The number of furan rings is 1. The molecule has 2 amide bonds. The highest BCUT2D eigenvalue weighted by molar-refractivity contribution is 6.39. The number of nitro groups is 1. The van der Waals surface area contributed by atoms with Crippen molar-refractivity contribution in [2.45, 2.75) is 26.3 Å². The maximum absolute atomic E-state index is 11.9. The number of nitrogens with one attached hydrogen (secondary N) is 2. The highest BCUT2D eigenvalue weighted by atomic mass is 16.6. The summed E-state index contributed by atoms with van der Waals surface area (Å²) in [4.78, 5) is 34.3. The van der Waals surface area contributed by atoms with Crippen LogP contribution in [0.25, 0.3) is 0 Å². The van der Waals surface area contributed by atoms with E-state index in [1.54, 1.807) is 32.0 Å². The number of nitrogens with zero attached hydrogens (tertiary/aromatic N) is 1. The molecular weight excluding hydrogens is 314 g/mol. The molecule has 0 spiro atoms. The first-order valence-corrected chi connectivity index (χ1v) is 7.26. The van der Waals surface area contributed by atoms with Crippen molar-refractivity contribution < 1.29 is 18.9 Å². The van der Waals surface area contributed by atoms with Gasteiger partial charge in [-0.3, -0.25) is 19.7 Å². The maximum atomic E-state index is 11.9. The number of amides is 2. The van der Waals surface area contributed by atoms with E-state index in [4.69, 9.17) is 4.42 Å². The molecule has 1 aromatic heterocycles. The van der Waals surface area contributed by atoms with Crippen molar-refractivity contribution >= 4 is 23.2 Å². The zero-order valence-corrected chi connectivity index (χ0v) is 13.2. The van der Waals surface area contributed by atoms with Gasteiger partial charge in [0.15, 0.2) is 0 Å². The predicted octanol–water partition coefficient (Wildman–Crippen LogP) is 2.18. The Hall–Kier alpha value is -3.16. The Labute approximate surface area is 138 Å². The molecule has 1 atom stereocenters. The molecule has 0 aliphatic carbocycles. The van der Waals surface area contributed by atoms with Crippen LogP contribution in [0.5, 0.6) is 0 Å². The number of carbonyl (C=O) groups excluding carboxylic acids is 2. The maximum Gasteiger partial charge on any atom is 0.313 e. The molecule has 2 aromatic rings. The van der Waals surface area contributed by atoms with E-state index in [0.29, 0.717) is 17.7 Å². The standard InChI is InChI=1S/C16H17N3O5/c1-10-5-6-13(14(8-10)19(22)23)18-16(21)15(20)17-11(2)9-12-4-3-7-24-12/h3-8,11H,9H2,1-2H3,(H,17,20)(H,18,21). The lowest BCUT2D eigenvalue weighted by Crippen LogP contribution is -2.41. The number of hydrogen-bond donors (Lipinski definition) is 2. The number of hydrogen-bond acceptors (Lipinski definition) is 5. The molecule has 2 N–H and O–H groups in total. The Morgan fingerprint density at radius 1 is 1.29 bits per heavy atom. The average Bonchev–Trinajstić information content (AvgIpc) is 3.01. The minimum atomic E-state index is -0.965. The van der Waals surface area contributed by atoms with Gasteiger partial charge in [-0.05, 0) is 37.6 Å². The SMILES string of the molecule is Cc1ccc(NC(=O)C(=O)NC(C)Cc2ccco2)c([N+](=O)[O-])c1. The highest BCUT2D eigenvalue weighted by Gasteiger charge is 2.21. The smallest absolute Gasteiger partial charge is 0.313 e. The van der Waals surface area contributed by atoms with Crippen LogP contribution in [0.1, 0.15) is 18.2 Å². The van der Waals surface area contributed by atoms with Gasteiger partial charge in [-0.2, -0.15) is 0 Å². The second kappa shape index (κ2) is 7.40. The molecular formula is C16H17N3O5. The van der Waals surface area contributed by atoms with E-state index in [9.17, 15) is 19.7 Å². The number of rotatable bonds is 5. The predicted molar refractivity (Wildman–Crippen MR) is 86.5 cm³/mol. The van der Waals surface area contributed by atoms with Crippen molar-refractivity contribution in [2.24, 2.45) is 0 Å². The van der Waals surface area contributed by atoms with E-state index in [-0.39, 0.29) is 17.4 Å².